The molecule has 1 aromatic heterocycles. The fourth-order valence-electron chi connectivity index (χ4n) is 2.07. The van der Waals surface area contributed by atoms with Gasteiger partial charge in [0.2, 0.25) is 0 Å². The van der Waals surface area contributed by atoms with Crippen LogP contribution in [0.4, 0.5) is 0 Å². The van der Waals surface area contributed by atoms with Gasteiger partial charge < -0.3 is 14.0 Å². The molecule has 0 bridgehead atoms. The van der Waals surface area contributed by atoms with Crippen LogP contribution in [0.5, 0.6) is 0 Å². The van der Waals surface area contributed by atoms with E-state index in [4.69, 9.17) is 25.6 Å². The van der Waals surface area contributed by atoms with E-state index in [9.17, 15) is 4.79 Å². The Labute approximate surface area is 142 Å². The number of carbonyl (C=O) groups excluding carboxylic acids is 1. The van der Waals surface area contributed by atoms with Gasteiger partial charge in [0.15, 0.2) is 0 Å². The molecule has 2 heterocycles. The van der Waals surface area contributed by atoms with Gasteiger partial charge in [0.25, 0.3) is 0 Å². The minimum absolute atomic E-state index is 0.136. The van der Waals surface area contributed by atoms with Crippen LogP contribution >= 0.6 is 11.6 Å². The molecule has 0 amide bonds. The first-order valence-corrected chi connectivity index (χ1v) is 7.95. The van der Waals surface area contributed by atoms with Gasteiger partial charge in [0, 0.05) is 0 Å². The first kappa shape index (κ1) is 18.2. The van der Waals surface area contributed by atoms with Crippen LogP contribution in [0.3, 0.4) is 0 Å². The molecule has 5 nitrogen and oxygen atoms in total. The van der Waals surface area contributed by atoms with Gasteiger partial charge in [-0.3, -0.25) is 0 Å². The van der Waals surface area contributed by atoms with Crippen LogP contribution in [-0.4, -0.2) is 34.9 Å². The smallest absolute Gasteiger partial charge is 0.455 e. The summed E-state index contributed by atoms with van der Waals surface area (Å²) in [7, 11) is -0.610. The molecule has 1 aromatic rings. The molecule has 1 aliphatic rings. The molecule has 0 spiro atoms. The number of hydrogen-bond acceptors (Lipinski definition) is 5. The summed E-state index contributed by atoms with van der Waals surface area (Å²) in [6.07, 6.45) is 0. The lowest BCUT2D eigenvalue weighted by Gasteiger charge is -2.32. The summed E-state index contributed by atoms with van der Waals surface area (Å²) in [5, 5.41) is 0.193. The van der Waals surface area contributed by atoms with E-state index in [1.165, 1.54) is 0 Å². The molecule has 2 rings (SSSR count). The van der Waals surface area contributed by atoms with Crippen LogP contribution in [0, 0.1) is 0 Å². The Morgan fingerprint density at radius 1 is 1.17 bits per heavy atom. The molecule has 23 heavy (non-hydrogen) atoms. The molecular weight excluding hydrogens is 316 g/mol. The van der Waals surface area contributed by atoms with Crippen molar-refractivity contribution in [3.63, 3.8) is 0 Å². The zero-order valence-electron chi connectivity index (χ0n) is 14.7. The lowest BCUT2D eigenvalue weighted by molar-refractivity contribution is 0.00578. The van der Waals surface area contributed by atoms with E-state index in [0.29, 0.717) is 5.46 Å². The second kappa shape index (κ2) is 5.76. The van der Waals surface area contributed by atoms with Gasteiger partial charge in [0.1, 0.15) is 16.4 Å². The highest BCUT2D eigenvalue weighted by molar-refractivity contribution is 6.62. The third-order valence-electron chi connectivity index (χ3n) is 3.95. The minimum atomic E-state index is -0.610. The number of ether oxygens (including phenoxy) is 1. The van der Waals surface area contributed by atoms with Crippen molar-refractivity contribution in [1.29, 1.82) is 0 Å². The third kappa shape index (κ3) is 4.05. The minimum Gasteiger partial charge on any atom is -0.455 e. The third-order valence-corrected chi connectivity index (χ3v) is 4.14. The maximum absolute atomic E-state index is 12.2. The molecule has 0 atom stereocenters. The lowest BCUT2D eigenvalue weighted by atomic mass is 9.79. The van der Waals surface area contributed by atoms with Crippen molar-refractivity contribution >= 4 is 30.2 Å². The second-order valence-corrected chi connectivity index (χ2v) is 8.09. The average Bonchev–Trinajstić information content (AvgIpc) is 2.55. The van der Waals surface area contributed by atoms with Crippen molar-refractivity contribution in [3.05, 3.63) is 23.0 Å². The largest absolute Gasteiger partial charge is 0.495 e. The van der Waals surface area contributed by atoms with Crippen molar-refractivity contribution < 1.29 is 18.8 Å². The molecule has 0 N–H and O–H groups in total. The molecule has 1 saturated heterocycles. The SMILES string of the molecule is CC(C)(C)OC(=O)c1cc(B2OC(C)(C)C(C)(C)O2)cc(Cl)n1. The predicted octanol–water partition coefficient (Wildman–Crippen LogP) is 2.99. The van der Waals surface area contributed by atoms with E-state index in [1.807, 2.05) is 27.7 Å². The number of aromatic nitrogens is 1. The Kier molecular flexibility index (Phi) is 4.57. The van der Waals surface area contributed by atoms with Gasteiger partial charge in [-0.05, 0) is 66.1 Å². The molecule has 0 unspecified atom stereocenters. The Hall–Kier alpha value is -1.11. The van der Waals surface area contributed by atoms with Gasteiger partial charge in [-0.2, -0.15) is 0 Å². The molecule has 0 radical (unpaired) electrons. The van der Waals surface area contributed by atoms with E-state index >= 15 is 0 Å². The number of pyridine rings is 1. The maximum Gasteiger partial charge on any atom is 0.495 e. The van der Waals surface area contributed by atoms with Crippen molar-refractivity contribution in [3.8, 4) is 0 Å². The van der Waals surface area contributed by atoms with E-state index in [1.54, 1.807) is 32.9 Å². The number of nitrogens with zero attached hydrogens (tertiary/aromatic N) is 1. The van der Waals surface area contributed by atoms with E-state index in [-0.39, 0.29) is 10.8 Å². The Morgan fingerprint density at radius 2 is 1.70 bits per heavy atom. The standard InChI is InChI=1S/C16H23BClNO4/c1-14(2,3)21-13(20)11-8-10(9-12(18)19-11)17-22-15(4,5)16(6,7)23-17/h8-9H,1-7H3. The molecule has 1 aliphatic heterocycles. The van der Waals surface area contributed by atoms with Crippen LogP contribution < -0.4 is 5.46 Å². The van der Waals surface area contributed by atoms with Gasteiger partial charge in [-0.25, -0.2) is 9.78 Å². The van der Waals surface area contributed by atoms with Gasteiger partial charge in [0.05, 0.1) is 11.2 Å². The van der Waals surface area contributed by atoms with Crippen molar-refractivity contribution in [2.45, 2.75) is 65.3 Å². The fourth-order valence-corrected chi connectivity index (χ4v) is 2.28. The summed E-state index contributed by atoms with van der Waals surface area (Å²) in [5.41, 5.74) is -0.772. The van der Waals surface area contributed by atoms with Crippen molar-refractivity contribution in [2.24, 2.45) is 0 Å². The van der Waals surface area contributed by atoms with Crippen LogP contribution in [-0.2, 0) is 14.0 Å². The zero-order chi connectivity index (χ0) is 17.6. The number of rotatable bonds is 2. The van der Waals surface area contributed by atoms with Crippen LogP contribution in [0.25, 0.3) is 0 Å². The molecule has 0 saturated carbocycles. The molecule has 7 heteroatoms. The summed E-state index contributed by atoms with van der Waals surface area (Å²) in [6, 6.07) is 3.24. The Bertz CT molecular complexity index is 609. The van der Waals surface area contributed by atoms with Crippen LogP contribution in [0.15, 0.2) is 12.1 Å². The number of halogens is 1. The number of hydrogen-bond donors (Lipinski definition) is 0. The summed E-state index contributed by atoms with van der Waals surface area (Å²) in [4.78, 5) is 16.3. The summed E-state index contributed by atoms with van der Waals surface area (Å²) in [6.45, 7) is 13.2. The highest BCUT2D eigenvalue weighted by Crippen LogP contribution is 2.36. The van der Waals surface area contributed by atoms with E-state index in [2.05, 4.69) is 4.98 Å². The monoisotopic (exact) mass is 339 g/mol. The normalized spacial score (nSPS) is 19.7. The van der Waals surface area contributed by atoms with E-state index in [0.717, 1.165) is 0 Å². The van der Waals surface area contributed by atoms with Crippen LogP contribution in [0.2, 0.25) is 5.15 Å². The first-order valence-electron chi connectivity index (χ1n) is 7.57. The fraction of sp³-hybridized carbons (Fsp3) is 0.625. The van der Waals surface area contributed by atoms with E-state index < -0.39 is 29.9 Å². The maximum atomic E-state index is 12.2. The molecular formula is C16H23BClNO4. The zero-order valence-corrected chi connectivity index (χ0v) is 15.4. The van der Waals surface area contributed by atoms with Crippen LogP contribution in [0.1, 0.15) is 59.0 Å². The quantitative estimate of drug-likeness (QED) is 0.471. The summed E-state index contributed by atoms with van der Waals surface area (Å²) in [5.74, 6) is -0.530. The van der Waals surface area contributed by atoms with Crippen molar-refractivity contribution in [1.82, 2.24) is 4.98 Å². The van der Waals surface area contributed by atoms with Gasteiger partial charge in [-0.15, -0.1) is 0 Å². The highest BCUT2D eigenvalue weighted by atomic mass is 35.5. The second-order valence-electron chi connectivity index (χ2n) is 7.70. The number of carbonyl (C=O) groups is 1. The highest BCUT2D eigenvalue weighted by Gasteiger charge is 2.51. The summed E-state index contributed by atoms with van der Waals surface area (Å²) >= 11 is 6.06. The van der Waals surface area contributed by atoms with Gasteiger partial charge >= 0.3 is 13.1 Å². The summed E-state index contributed by atoms with van der Waals surface area (Å²) < 4.78 is 17.3. The molecule has 1 fully saturated rings. The Balaban J connectivity index is 2.30. The molecule has 126 valence electrons. The first-order chi connectivity index (χ1) is 10.3. The molecule has 0 aromatic carbocycles. The Morgan fingerprint density at radius 3 is 2.17 bits per heavy atom. The topological polar surface area (TPSA) is 57.7 Å². The molecule has 0 aliphatic carbocycles. The predicted molar refractivity (Wildman–Crippen MR) is 90.1 cm³/mol. The average molecular weight is 340 g/mol. The van der Waals surface area contributed by atoms with Crippen molar-refractivity contribution in [2.75, 3.05) is 0 Å². The van der Waals surface area contributed by atoms with Gasteiger partial charge in [-0.1, -0.05) is 11.6 Å². The number of esters is 1. The lowest BCUT2D eigenvalue weighted by Crippen LogP contribution is -2.41.